The fraction of sp³-hybridized carbons (Fsp3) is 0.750. The molecule has 2 heterocycles. The Labute approximate surface area is 115 Å². The van der Waals surface area contributed by atoms with Crippen LogP contribution >= 0.6 is 0 Å². The van der Waals surface area contributed by atoms with Crippen molar-refractivity contribution in [3.8, 4) is 0 Å². The molecule has 0 radical (unpaired) electrons. The summed E-state index contributed by atoms with van der Waals surface area (Å²) in [6.45, 7) is 3.66. The van der Waals surface area contributed by atoms with Crippen LogP contribution in [0.2, 0.25) is 0 Å². The van der Waals surface area contributed by atoms with Crippen LogP contribution in [0, 0.1) is 0 Å². The highest BCUT2D eigenvalue weighted by Gasteiger charge is 2.24. The van der Waals surface area contributed by atoms with Gasteiger partial charge in [0.15, 0.2) is 0 Å². The Balaban J connectivity index is 1.92. The summed E-state index contributed by atoms with van der Waals surface area (Å²) in [5.41, 5.74) is 0. The summed E-state index contributed by atoms with van der Waals surface area (Å²) in [5.74, 6) is 0. The van der Waals surface area contributed by atoms with Gasteiger partial charge < -0.3 is 0 Å². The van der Waals surface area contributed by atoms with Gasteiger partial charge in [-0.25, -0.2) is 0 Å². The molecule has 19 heavy (non-hydrogen) atoms. The number of hydrogen-bond donors (Lipinski definition) is 1. The van der Waals surface area contributed by atoms with Crippen LogP contribution in [0.5, 0.6) is 0 Å². The molecule has 108 valence electrons. The van der Waals surface area contributed by atoms with Gasteiger partial charge in [-0.15, -0.1) is 0 Å². The van der Waals surface area contributed by atoms with E-state index in [0.717, 1.165) is 25.7 Å². The Hall–Kier alpha value is -0.920. The minimum absolute atomic E-state index is 0.173. The average molecular weight is 286 g/mol. The molecule has 1 aliphatic heterocycles. The van der Waals surface area contributed by atoms with Crippen molar-refractivity contribution in [2.45, 2.75) is 45.2 Å². The maximum absolute atomic E-state index is 12.3. The maximum Gasteiger partial charge on any atom is 0.279 e. The van der Waals surface area contributed by atoms with Crippen molar-refractivity contribution < 1.29 is 8.42 Å². The standard InChI is InChI=1S/C12H22N4O2S/c1-12(11-15-8-6-7-13-15)14-19(17,18)16-9-4-2-3-5-10-16/h6-8,12,14H,2-5,9-11H2,1H3/t12-/m1/s1. The highest BCUT2D eigenvalue weighted by Crippen LogP contribution is 2.12. The average Bonchev–Trinajstić information content (AvgIpc) is 2.67. The molecule has 0 amide bonds. The van der Waals surface area contributed by atoms with Crippen LogP contribution in [0.1, 0.15) is 32.6 Å². The van der Waals surface area contributed by atoms with Gasteiger partial charge in [-0.3, -0.25) is 4.68 Å². The van der Waals surface area contributed by atoms with Crippen LogP contribution in [-0.4, -0.2) is 41.6 Å². The van der Waals surface area contributed by atoms with Crippen LogP contribution in [0.4, 0.5) is 0 Å². The molecule has 0 aromatic carbocycles. The molecular formula is C12H22N4O2S. The van der Waals surface area contributed by atoms with Crippen molar-refractivity contribution in [2.24, 2.45) is 0 Å². The third kappa shape index (κ3) is 4.29. The molecule has 1 N–H and O–H groups in total. The monoisotopic (exact) mass is 286 g/mol. The van der Waals surface area contributed by atoms with E-state index in [4.69, 9.17) is 0 Å². The zero-order valence-electron chi connectivity index (χ0n) is 11.3. The van der Waals surface area contributed by atoms with Crippen LogP contribution in [0.25, 0.3) is 0 Å². The number of hydrogen-bond acceptors (Lipinski definition) is 3. The second kappa shape index (κ2) is 6.49. The summed E-state index contributed by atoms with van der Waals surface area (Å²) in [5, 5.41) is 4.08. The van der Waals surface area contributed by atoms with Crippen LogP contribution < -0.4 is 4.72 Å². The molecule has 0 spiro atoms. The topological polar surface area (TPSA) is 67.2 Å². The molecule has 1 fully saturated rings. The number of nitrogens with one attached hydrogen (secondary N) is 1. The van der Waals surface area contributed by atoms with E-state index in [9.17, 15) is 8.42 Å². The first-order chi connectivity index (χ1) is 9.08. The zero-order chi connectivity index (χ0) is 13.7. The van der Waals surface area contributed by atoms with Gasteiger partial charge in [-0.2, -0.15) is 22.5 Å². The summed E-state index contributed by atoms with van der Waals surface area (Å²) in [4.78, 5) is 0. The van der Waals surface area contributed by atoms with Crippen molar-refractivity contribution in [2.75, 3.05) is 13.1 Å². The van der Waals surface area contributed by atoms with Gasteiger partial charge in [-0.05, 0) is 25.8 Å². The molecule has 0 bridgehead atoms. The van der Waals surface area contributed by atoms with Gasteiger partial charge in [0, 0.05) is 31.5 Å². The lowest BCUT2D eigenvalue weighted by Gasteiger charge is -2.23. The first-order valence-corrected chi connectivity index (χ1v) is 8.27. The summed E-state index contributed by atoms with van der Waals surface area (Å²) in [7, 11) is -3.37. The van der Waals surface area contributed by atoms with E-state index in [0.29, 0.717) is 19.6 Å². The molecule has 1 aromatic rings. The summed E-state index contributed by atoms with van der Waals surface area (Å²) >= 11 is 0. The van der Waals surface area contributed by atoms with Crippen molar-refractivity contribution in [3.05, 3.63) is 18.5 Å². The van der Waals surface area contributed by atoms with Gasteiger partial charge in [0.2, 0.25) is 0 Å². The molecule has 0 unspecified atom stereocenters. The normalized spacial score (nSPS) is 20.1. The van der Waals surface area contributed by atoms with Crippen LogP contribution in [0.15, 0.2) is 18.5 Å². The second-order valence-corrected chi connectivity index (χ2v) is 6.77. The van der Waals surface area contributed by atoms with Crippen molar-refractivity contribution >= 4 is 10.2 Å². The Kier molecular flexibility index (Phi) is 4.95. The first kappa shape index (κ1) is 14.5. The number of aromatic nitrogens is 2. The first-order valence-electron chi connectivity index (χ1n) is 6.83. The smallest absolute Gasteiger partial charge is 0.271 e. The second-order valence-electron chi connectivity index (χ2n) is 5.07. The SMILES string of the molecule is C[C@H](Cn1cccn1)NS(=O)(=O)N1CCCCCC1. The van der Waals surface area contributed by atoms with Crippen LogP contribution in [-0.2, 0) is 16.8 Å². The Morgan fingerprint density at radius 3 is 2.53 bits per heavy atom. The predicted octanol–water partition coefficient (Wildman–Crippen LogP) is 0.982. The molecule has 1 aromatic heterocycles. The van der Waals surface area contributed by atoms with Crippen molar-refractivity contribution in [1.29, 1.82) is 0 Å². The number of nitrogens with zero attached hydrogens (tertiary/aromatic N) is 3. The van der Waals surface area contributed by atoms with Gasteiger partial charge in [-0.1, -0.05) is 12.8 Å². The molecule has 1 atom stereocenters. The molecule has 7 heteroatoms. The quantitative estimate of drug-likeness (QED) is 0.877. The van der Waals surface area contributed by atoms with Crippen LogP contribution in [0.3, 0.4) is 0 Å². The van der Waals surface area contributed by atoms with E-state index in [1.165, 1.54) is 0 Å². The van der Waals surface area contributed by atoms with Crippen molar-refractivity contribution in [1.82, 2.24) is 18.8 Å². The van der Waals surface area contributed by atoms with Gasteiger partial charge >= 0.3 is 0 Å². The summed E-state index contributed by atoms with van der Waals surface area (Å²) in [6, 6.07) is 1.66. The molecule has 0 saturated carbocycles. The lowest BCUT2D eigenvalue weighted by molar-refractivity contribution is 0.401. The van der Waals surface area contributed by atoms with Gasteiger partial charge in [0.05, 0.1) is 6.54 Å². The van der Waals surface area contributed by atoms with E-state index < -0.39 is 10.2 Å². The third-order valence-corrected chi connectivity index (χ3v) is 5.02. The minimum atomic E-state index is -3.37. The fourth-order valence-corrected chi connectivity index (χ4v) is 3.81. The summed E-state index contributed by atoms with van der Waals surface area (Å²) < 4.78 is 30.6. The highest BCUT2D eigenvalue weighted by atomic mass is 32.2. The predicted molar refractivity (Wildman–Crippen MR) is 73.8 cm³/mol. The summed E-state index contributed by atoms with van der Waals surface area (Å²) in [6.07, 6.45) is 7.67. The van der Waals surface area contributed by atoms with Crippen molar-refractivity contribution in [3.63, 3.8) is 0 Å². The fourth-order valence-electron chi connectivity index (χ4n) is 2.34. The third-order valence-electron chi connectivity index (χ3n) is 3.28. The largest absolute Gasteiger partial charge is 0.279 e. The Morgan fingerprint density at radius 2 is 1.95 bits per heavy atom. The highest BCUT2D eigenvalue weighted by molar-refractivity contribution is 7.87. The minimum Gasteiger partial charge on any atom is -0.271 e. The lowest BCUT2D eigenvalue weighted by atomic mass is 10.2. The van der Waals surface area contributed by atoms with E-state index >= 15 is 0 Å². The number of rotatable bonds is 5. The lowest BCUT2D eigenvalue weighted by Crippen LogP contribution is -2.46. The Morgan fingerprint density at radius 1 is 1.26 bits per heavy atom. The molecule has 1 saturated heterocycles. The maximum atomic E-state index is 12.3. The molecule has 6 nitrogen and oxygen atoms in total. The van der Waals surface area contributed by atoms with E-state index in [2.05, 4.69) is 9.82 Å². The van der Waals surface area contributed by atoms with E-state index in [1.807, 2.05) is 19.2 Å². The van der Waals surface area contributed by atoms with Gasteiger partial charge in [0.25, 0.3) is 10.2 Å². The zero-order valence-corrected chi connectivity index (χ0v) is 12.1. The molecular weight excluding hydrogens is 264 g/mol. The van der Waals surface area contributed by atoms with E-state index in [-0.39, 0.29) is 6.04 Å². The van der Waals surface area contributed by atoms with E-state index in [1.54, 1.807) is 15.2 Å². The van der Waals surface area contributed by atoms with Gasteiger partial charge in [0.1, 0.15) is 0 Å². The molecule has 0 aliphatic carbocycles. The molecule has 2 rings (SSSR count). The Bertz CT molecular complexity index is 464. The molecule has 1 aliphatic rings.